The molecule has 3 aromatic carbocycles. The summed E-state index contributed by atoms with van der Waals surface area (Å²) in [4.78, 5) is 23.9. The number of ether oxygens (including phenoxy) is 1. The van der Waals surface area contributed by atoms with Gasteiger partial charge >= 0.3 is 5.97 Å². The van der Waals surface area contributed by atoms with Crippen LogP contribution in [0.3, 0.4) is 0 Å². The number of para-hydroxylation sites is 1. The molecule has 3 N–H and O–H groups in total. The molecule has 0 aliphatic rings. The minimum atomic E-state index is -4.10. The number of hydrogen-bond acceptors (Lipinski definition) is 6. The van der Waals surface area contributed by atoms with Gasteiger partial charge in [-0.05, 0) is 66.6 Å². The molecule has 40 heavy (non-hydrogen) atoms. The van der Waals surface area contributed by atoms with Crippen molar-refractivity contribution in [2.24, 2.45) is 0 Å². The zero-order valence-corrected chi connectivity index (χ0v) is 23.6. The molecule has 1 aromatic heterocycles. The molecular weight excluding hydrogens is 532 g/mol. The number of rotatable bonds is 12. The van der Waals surface area contributed by atoms with E-state index in [1.165, 1.54) is 17.7 Å². The van der Waals surface area contributed by atoms with Crippen LogP contribution in [0.1, 0.15) is 45.6 Å². The number of hydrogen-bond donors (Lipinski definition) is 3. The fourth-order valence-electron chi connectivity index (χ4n) is 4.31. The molecule has 4 rings (SSSR count). The molecule has 1 unspecified atom stereocenters. The van der Waals surface area contributed by atoms with E-state index in [1.54, 1.807) is 12.1 Å². The Morgan fingerprint density at radius 2 is 1.65 bits per heavy atom. The average Bonchev–Trinajstić information content (AvgIpc) is 3.28. The van der Waals surface area contributed by atoms with Crippen molar-refractivity contribution >= 4 is 43.8 Å². The van der Waals surface area contributed by atoms with E-state index in [0.717, 1.165) is 5.39 Å². The average molecular weight is 567 g/mol. The van der Waals surface area contributed by atoms with E-state index in [1.807, 2.05) is 42.5 Å². The molecule has 0 spiro atoms. The van der Waals surface area contributed by atoms with E-state index in [2.05, 4.69) is 30.8 Å². The third-order valence-corrected chi connectivity index (χ3v) is 8.06. The van der Waals surface area contributed by atoms with Gasteiger partial charge in [0.25, 0.3) is 5.91 Å². The summed E-state index contributed by atoms with van der Waals surface area (Å²) in [6, 6.07) is 18.0. The zero-order valence-electron chi connectivity index (χ0n) is 22.8. The van der Waals surface area contributed by atoms with Gasteiger partial charge in [0.05, 0.1) is 4.90 Å². The lowest BCUT2D eigenvalue weighted by atomic mass is 9.87. The third-order valence-electron chi connectivity index (χ3n) is 6.59. The Morgan fingerprint density at radius 1 is 0.950 bits per heavy atom. The van der Waals surface area contributed by atoms with Gasteiger partial charge in [-0.3, -0.25) is 9.59 Å². The van der Waals surface area contributed by atoms with Gasteiger partial charge in [0.15, 0.2) is 6.61 Å². The van der Waals surface area contributed by atoms with Crippen LogP contribution in [-0.2, 0) is 25.0 Å². The zero-order chi connectivity index (χ0) is 28.9. The molecule has 0 fully saturated rings. The molecule has 0 aliphatic carbocycles. The van der Waals surface area contributed by atoms with E-state index in [9.17, 15) is 23.1 Å². The monoisotopic (exact) mass is 566 g/mol. The molecule has 0 saturated heterocycles. The highest BCUT2D eigenvalue weighted by Gasteiger charge is 2.26. The Labute approximate surface area is 233 Å². The topological polar surface area (TPSA) is 135 Å². The van der Waals surface area contributed by atoms with Crippen molar-refractivity contribution in [3.63, 3.8) is 0 Å². The van der Waals surface area contributed by atoms with Crippen molar-refractivity contribution in [3.8, 4) is 5.75 Å². The highest BCUT2D eigenvalue weighted by atomic mass is 32.2. The number of sulfonamides is 1. The van der Waals surface area contributed by atoms with E-state index in [0.29, 0.717) is 41.7 Å². The number of furan rings is 1. The largest absolute Gasteiger partial charge is 0.484 e. The Balaban J connectivity index is 1.24. The van der Waals surface area contributed by atoms with Crippen molar-refractivity contribution in [2.45, 2.75) is 56.4 Å². The van der Waals surface area contributed by atoms with Crippen LogP contribution >= 0.6 is 0 Å². The minimum absolute atomic E-state index is 0.0269. The van der Waals surface area contributed by atoms with Crippen LogP contribution < -0.4 is 14.8 Å². The number of amides is 1. The summed E-state index contributed by atoms with van der Waals surface area (Å²) < 4.78 is 39.6. The number of carbonyl (C=O) groups is 2. The van der Waals surface area contributed by atoms with Crippen molar-refractivity contribution in [1.82, 2.24) is 10.0 Å². The number of fused-ring (bicyclic) bond motifs is 3. The molecular formula is C30H34N2O7S. The second-order valence-corrected chi connectivity index (χ2v) is 12.4. The first-order chi connectivity index (χ1) is 18.9. The van der Waals surface area contributed by atoms with E-state index in [-0.39, 0.29) is 29.2 Å². The normalized spacial score (nSPS) is 12.9. The maximum absolute atomic E-state index is 13.0. The second-order valence-electron chi connectivity index (χ2n) is 10.7. The van der Waals surface area contributed by atoms with Crippen molar-refractivity contribution in [3.05, 3.63) is 72.3 Å². The van der Waals surface area contributed by atoms with Gasteiger partial charge in [-0.2, -0.15) is 4.72 Å². The maximum Gasteiger partial charge on any atom is 0.321 e. The molecule has 4 aromatic rings. The summed E-state index contributed by atoms with van der Waals surface area (Å²) in [6.07, 6.45) is 0.933. The number of carboxylic acids is 1. The molecule has 0 saturated carbocycles. The van der Waals surface area contributed by atoms with Gasteiger partial charge < -0.3 is 19.6 Å². The molecule has 0 radical (unpaired) electrons. The van der Waals surface area contributed by atoms with Crippen LogP contribution in [0.5, 0.6) is 5.75 Å². The van der Waals surface area contributed by atoms with Crippen LogP contribution in [0.15, 0.2) is 76.0 Å². The van der Waals surface area contributed by atoms with Crippen LogP contribution in [0.2, 0.25) is 0 Å². The summed E-state index contributed by atoms with van der Waals surface area (Å²) in [6.45, 7) is 6.53. The first-order valence-corrected chi connectivity index (χ1v) is 14.6. The molecule has 0 aliphatic heterocycles. The Bertz CT molecular complexity index is 1600. The fraction of sp³-hybridized carbons (Fsp3) is 0.333. The highest BCUT2D eigenvalue weighted by Crippen LogP contribution is 2.30. The number of benzene rings is 3. The van der Waals surface area contributed by atoms with Crippen LogP contribution in [0.25, 0.3) is 21.9 Å². The Morgan fingerprint density at radius 3 is 2.35 bits per heavy atom. The van der Waals surface area contributed by atoms with Crippen molar-refractivity contribution in [2.75, 3.05) is 13.2 Å². The summed E-state index contributed by atoms with van der Waals surface area (Å²) in [5.74, 6) is -0.967. The highest BCUT2D eigenvalue weighted by molar-refractivity contribution is 7.89. The second kappa shape index (κ2) is 12.1. The van der Waals surface area contributed by atoms with Gasteiger partial charge in [-0.1, -0.05) is 51.1 Å². The lowest BCUT2D eigenvalue weighted by Crippen LogP contribution is -2.40. The predicted octanol–water partition coefficient (Wildman–Crippen LogP) is 4.98. The van der Waals surface area contributed by atoms with Crippen LogP contribution in [-0.4, -0.2) is 44.6 Å². The van der Waals surface area contributed by atoms with Gasteiger partial charge in [-0.15, -0.1) is 0 Å². The fourth-order valence-corrected chi connectivity index (χ4v) is 5.56. The molecule has 0 bridgehead atoms. The molecule has 1 heterocycles. The number of carboxylic acid groups (broad SMARTS) is 1. The van der Waals surface area contributed by atoms with Gasteiger partial charge in [0.1, 0.15) is 23.0 Å². The van der Waals surface area contributed by atoms with Gasteiger partial charge in [-0.25, -0.2) is 8.42 Å². The standard InChI is InChI=1S/C30H34N2O7S/c1-30(2,3)20-11-13-21(14-12-20)38-19-28(33)31-17-7-6-9-25(29(34)35)32-40(36,37)22-15-16-27-24(18-22)23-8-4-5-10-26(23)39-27/h4-5,8,10-16,18,25,32H,6-7,9,17,19H2,1-3H3,(H,31,33)(H,34,35). The molecule has 9 nitrogen and oxygen atoms in total. The quantitative estimate of drug-likeness (QED) is 0.206. The van der Waals surface area contributed by atoms with E-state index < -0.39 is 22.0 Å². The minimum Gasteiger partial charge on any atom is -0.484 e. The Hall–Kier alpha value is -3.89. The molecule has 1 atom stereocenters. The third kappa shape index (κ3) is 7.19. The molecule has 10 heteroatoms. The first kappa shape index (κ1) is 29.1. The summed E-state index contributed by atoms with van der Waals surface area (Å²) in [5, 5.41) is 13.8. The smallest absolute Gasteiger partial charge is 0.321 e. The maximum atomic E-state index is 13.0. The van der Waals surface area contributed by atoms with Crippen LogP contribution in [0, 0.1) is 0 Å². The van der Waals surface area contributed by atoms with Crippen LogP contribution in [0.4, 0.5) is 0 Å². The molecule has 1 amide bonds. The summed E-state index contributed by atoms with van der Waals surface area (Å²) >= 11 is 0. The number of unbranched alkanes of at least 4 members (excludes halogenated alkanes) is 1. The SMILES string of the molecule is CC(C)(C)c1ccc(OCC(=O)NCCCCC(NS(=O)(=O)c2ccc3oc4ccccc4c3c2)C(=O)O)cc1. The number of aliphatic carboxylic acids is 1. The Kier molecular flexibility index (Phi) is 8.80. The lowest BCUT2D eigenvalue weighted by Gasteiger charge is -2.19. The number of nitrogens with one attached hydrogen (secondary N) is 2. The predicted molar refractivity (Wildman–Crippen MR) is 153 cm³/mol. The first-order valence-electron chi connectivity index (χ1n) is 13.1. The molecule has 212 valence electrons. The van der Waals surface area contributed by atoms with E-state index >= 15 is 0 Å². The van der Waals surface area contributed by atoms with Gasteiger partial charge in [0.2, 0.25) is 10.0 Å². The van der Waals surface area contributed by atoms with Gasteiger partial charge in [0, 0.05) is 17.3 Å². The summed E-state index contributed by atoms with van der Waals surface area (Å²) in [7, 11) is -4.10. The van der Waals surface area contributed by atoms with E-state index in [4.69, 9.17) is 9.15 Å². The van der Waals surface area contributed by atoms with Crippen molar-refractivity contribution in [1.29, 1.82) is 0 Å². The lowest BCUT2D eigenvalue weighted by molar-refractivity contribution is -0.139. The van der Waals surface area contributed by atoms with Crippen molar-refractivity contribution < 1.29 is 32.3 Å². The number of carbonyl (C=O) groups excluding carboxylic acids is 1. The summed E-state index contributed by atoms with van der Waals surface area (Å²) in [5.41, 5.74) is 2.37.